The second-order valence-corrected chi connectivity index (χ2v) is 14.7. The average Bonchev–Trinajstić information content (AvgIpc) is 3.05. The summed E-state index contributed by atoms with van der Waals surface area (Å²) in [6.07, 6.45) is 14.6. The predicted octanol–water partition coefficient (Wildman–Crippen LogP) is 8.02. The van der Waals surface area contributed by atoms with E-state index in [1.807, 2.05) is 5.57 Å². The van der Waals surface area contributed by atoms with Gasteiger partial charge in [-0.25, -0.2) is 0 Å². The molecule has 1 N–H and O–H groups in total. The van der Waals surface area contributed by atoms with Crippen LogP contribution in [0.4, 0.5) is 0 Å². The van der Waals surface area contributed by atoms with Crippen LogP contribution in [0.15, 0.2) is 11.6 Å². The molecule has 4 fully saturated rings. The molecule has 5 aliphatic rings. The minimum atomic E-state index is -0.131. The average molecular weight is 427 g/mol. The minimum absolute atomic E-state index is 0.0432. The van der Waals surface area contributed by atoms with Gasteiger partial charge in [0.05, 0.1) is 6.10 Å². The smallest absolute Gasteiger partial charge is 0.0594 e. The van der Waals surface area contributed by atoms with Gasteiger partial charge in [-0.15, -0.1) is 0 Å². The van der Waals surface area contributed by atoms with Crippen molar-refractivity contribution in [2.45, 2.75) is 119 Å². The Morgan fingerprint density at radius 3 is 2.16 bits per heavy atom. The number of allylic oxidation sites excluding steroid dienone is 2. The zero-order chi connectivity index (χ0) is 22.6. The van der Waals surface area contributed by atoms with Crippen molar-refractivity contribution >= 4 is 0 Å². The normalized spacial score (nSPS) is 55.7. The van der Waals surface area contributed by atoms with Gasteiger partial charge < -0.3 is 5.11 Å². The summed E-state index contributed by atoms with van der Waals surface area (Å²) in [7, 11) is 0. The maximum atomic E-state index is 10.8. The summed E-state index contributed by atoms with van der Waals surface area (Å²) in [6, 6.07) is 0. The number of hydrogen-bond acceptors (Lipinski definition) is 1. The number of aliphatic hydroxyl groups excluding tert-OH is 1. The SMILES string of the molecule is CC(C)[C@@H]1CC[C@H]2[C@@]1(C)CC[C@@]1(C)[C@@H]3CC[C@H]4C(C)(C)[C@@H](O)CC[C@]4(C)C3=CC[C@]21C. The van der Waals surface area contributed by atoms with Gasteiger partial charge in [-0.05, 0) is 114 Å². The lowest BCUT2D eigenvalue weighted by atomic mass is 9.35. The highest BCUT2D eigenvalue weighted by molar-refractivity contribution is 5.33. The summed E-state index contributed by atoms with van der Waals surface area (Å²) in [6.45, 7) is 20.4. The highest BCUT2D eigenvalue weighted by Gasteiger charge is 2.68. The molecule has 0 heterocycles. The molecular formula is C30H50O. The van der Waals surface area contributed by atoms with Gasteiger partial charge in [0.2, 0.25) is 0 Å². The first kappa shape index (κ1) is 22.5. The Balaban J connectivity index is 1.55. The van der Waals surface area contributed by atoms with Crippen LogP contribution in [0.25, 0.3) is 0 Å². The van der Waals surface area contributed by atoms with E-state index in [-0.39, 0.29) is 11.5 Å². The summed E-state index contributed by atoms with van der Waals surface area (Å²) in [5.74, 6) is 4.02. The van der Waals surface area contributed by atoms with E-state index in [1.165, 1.54) is 51.4 Å². The lowest BCUT2D eigenvalue weighted by molar-refractivity contribution is -0.165. The second kappa shape index (κ2) is 6.64. The fourth-order valence-electron chi connectivity index (χ4n) is 11.2. The van der Waals surface area contributed by atoms with Gasteiger partial charge >= 0.3 is 0 Å². The Kier molecular flexibility index (Phi) is 4.82. The fraction of sp³-hybridized carbons (Fsp3) is 0.933. The molecule has 9 atom stereocenters. The molecule has 5 aliphatic carbocycles. The Hall–Kier alpha value is -0.300. The maximum Gasteiger partial charge on any atom is 0.0594 e. The number of rotatable bonds is 1. The number of aliphatic hydroxyl groups is 1. The van der Waals surface area contributed by atoms with Crippen LogP contribution < -0.4 is 0 Å². The highest BCUT2D eigenvalue weighted by atomic mass is 16.3. The van der Waals surface area contributed by atoms with E-state index >= 15 is 0 Å². The van der Waals surface area contributed by atoms with Crippen molar-refractivity contribution in [2.75, 3.05) is 0 Å². The van der Waals surface area contributed by atoms with Crippen LogP contribution >= 0.6 is 0 Å². The van der Waals surface area contributed by atoms with E-state index in [4.69, 9.17) is 0 Å². The third kappa shape index (κ3) is 2.60. The molecule has 1 nitrogen and oxygen atoms in total. The van der Waals surface area contributed by atoms with E-state index < -0.39 is 0 Å². The summed E-state index contributed by atoms with van der Waals surface area (Å²) < 4.78 is 0. The predicted molar refractivity (Wildman–Crippen MR) is 131 cm³/mol. The Morgan fingerprint density at radius 2 is 1.48 bits per heavy atom. The molecule has 0 aliphatic heterocycles. The molecule has 176 valence electrons. The Labute approximate surface area is 192 Å². The molecule has 0 saturated heterocycles. The van der Waals surface area contributed by atoms with E-state index in [9.17, 15) is 5.11 Å². The Morgan fingerprint density at radius 1 is 0.806 bits per heavy atom. The quantitative estimate of drug-likeness (QED) is 0.421. The van der Waals surface area contributed by atoms with Crippen molar-refractivity contribution in [3.8, 4) is 0 Å². The van der Waals surface area contributed by atoms with Gasteiger partial charge in [-0.3, -0.25) is 0 Å². The van der Waals surface area contributed by atoms with Crippen LogP contribution in [0, 0.1) is 56.7 Å². The lowest BCUT2D eigenvalue weighted by Crippen LogP contribution is -2.62. The van der Waals surface area contributed by atoms with Gasteiger partial charge in [0.15, 0.2) is 0 Å². The van der Waals surface area contributed by atoms with E-state index in [1.54, 1.807) is 0 Å². The first-order valence-corrected chi connectivity index (χ1v) is 13.7. The first-order valence-electron chi connectivity index (χ1n) is 13.7. The molecular weight excluding hydrogens is 376 g/mol. The Bertz CT molecular complexity index is 777. The van der Waals surface area contributed by atoms with E-state index in [2.05, 4.69) is 61.5 Å². The van der Waals surface area contributed by atoms with Crippen LogP contribution in [0.1, 0.15) is 113 Å². The molecule has 0 amide bonds. The molecule has 4 saturated carbocycles. The zero-order valence-corrected chi connectivity index (χ0v) is 21.9. The molecule has 0 radical (unpaired) electrons. The van der Waals surface area contributed by atoms with Gasteiger partial charge in [0.25, 0.3) is 0 Å². The van der Waals surface area contributed by atoms with Crippen molar-refractivity contribution < 1.29 is 5.11 Å². The third-order valence-corrected chi connectivity index (χ3v) is 13.2. The molecule has 31 heavy (non-hydrogen) atoms. The van der Waals surface area contributed by atoms with E-state index in [0.717, 1.165) is 30.1 Å². The molecule has 0 spiro atoms. The summed E-state index contributed by atoms with van der Waals surface area (Å²) in [5, 5.41) is 10.8. The topological polar surface area (TPSA) is 20.2 Å². The molecule has 0 bridgehead atoms. The maximum absolute atomic E-state index is 10.8. The number of fused-ring (bicyclic) bond motifs is 7. The summed E-state index contributed by atoms with van der Waals surface area (Å²) >= 11 is 0. The molecule has 1 heteroatoms. The third-order valence-electron chi connectivity index (χ3n) is 13.2. The van der Waals surface area contributed by atoms with Crippen LogP contribution in [-0.2, 0) is 0 Å². The minimum Gasteiger partial charge on any atom is -0.393 e. The fourth-order valence-corrected chi connectivity index (χ4v) is 11.2. The lowest BCUT2D eigenvalue weighted by Gasteiger charge is -2.69. The zero-order valence-electron chi connectivity index (χ0n) is 21.9. The number of hydrogen-bond donors (Lipinski definition) is 1. The summed E-state index contributed by atoms with van der Waals surface area (Å²) in [5.41, 5.74) is 3.61. The van der Waals surface area contributed by atoms with Crippen LogP contribution in [0.2, 0.25) is 0 Å². The summed E-state index contributed by atoms with van der Waals surface area (Å²) in [4.78, 5) is 0. The van der Waals surface area contributed by atoms with Gasteiger partial charge in [-0.2, -0.15) is 0 Å². The molecule has 0 unspecified atom stereocenters. The van der Waals surface area contributed by atoms with Crippen LogP contribution in [0.5, 0.6) is 0 Å². The first-order chi connectivity index (χ1) is 14.3. The molecule has 0 aromatic heterocycles. The van der Waals surface area contributed by atoms with Crippen LogP contribution in [0.3, 0.4) is 0 Å². The highest BCUT2D eigenvalue weighted by Crippen LogP contribution is 2.76. The van der Waals surface area contributed by atoms with Crippen molar-refractivity contribution in [1.82, 2.24) is 0 Å². The van der Waals surface area contributed by atoms with Gasteiger partial charge in [-0.1, -0.05) is 67.0 Å². The molecule has 5 rings (SSSR count). The van der Waals surface area contributed by atoms with Crippen LogP contribution in [-0.4, -0.2) is 11.2 Å². The second-order valence-electron chi connectivity index (χ2n) is 14.7. The van der Waals surface area contributed by atoms with Gasteiger partial charge in [0, 0.05) is 0 Å². The largest absolute Gasteiger partial charge is 0.393 e. The van der Waals surface area contributed by atoms with Crippen molar-refractivity contribution in [2.24, 2.45) is 56.7 Å². The van der Waals surface area contributed by atoms with Crippen molar-refractivity contribution in [1.29, 1.82) is 0 Å². The monoisotopic (exact) mass is 426 g/mol. The van der Waals surface area contributed by atoms with Crippen molar-refractivity contribution in [3.05, 3.63) is 11.6 Å². The molecule has 0 aromatic rings. The standard InChI is InChI=1S/C30H50O/c1-19(2)20-9-12-24-28(20,6)17-18-29(7)22-10-11-23-26(3,4)25(31)14-15-27(23,5)21(22)13-16-30(24,29)8/h13,19-20,22-25,31H,9-12,14-18H2,1-8H3/t20-,22+,23-,24-,25-,27+,28-,29-,30+/m0/s1. The van der Waals surface area contributed by atoms with E-state index in [0.29, 0.717) is 27.6 Å². The molecule has 0 aromatic carbocycles. The van der Waals surface area contributed by atoms with Crippen molar-refractivity contribution in [3.63, 3.8) is 0 Å². The van der Waals surface area contributed by atoms with Gasteiger partial charge in [0.1, 0.15) is 0 Å².